The van der Waals surface area contributed by atoms with Gasteiger partial charge in [0, 0.05) is 11.6 Å². The maximum atomic E-state index is 13.5. The van der Waals surface area contributed by atoms with E-state index in [1.807, 2.05) is 6.07 Å². The molecule has 3 rings (SSSR count). The van der Waals surface area contributed by atoms with Gasteiger partial charge in [0.25, 0.3) is 0 Å². The topological polar surface area (TPSA) is 50.2 Å². The van der Waals surface area contributed by atoms with E-state index >= 15 is 0 Å². The third-order valence-electron chi connectivity index (χ3n) is 5.05. The molecule has 1 aliphatic carbocycles. The van der Waals surface area contributed by atoms with Crippen LogP contribution < -0.4 is 0 Å². The maximum Gasteiger partial charge on any atom is 0.306 e. The van der Waals surface area contributed by atoms with Crippen LogP contribution in [0.3, 0.4) is 0 Å². The SMILES string of the molecule is C[C@@H](C(=O)O)C1CCC(c2ccnc3ccc(F)cc23)CC1. The number of halogens is 1. The molecule has 0 saturated heterocycles. The van der Waals surface area contributed by atoms with Crippen molar-refractivity contribution in [3.05, 3.63) is 41.8 Å². The van der Waals surface area contributed by atoms with Crippen LogP contribution in [0.25, 0.3) is 10.9 Å². The molecule has 4 heteroatoms. The number of hydrogen-bond acceptors (Lipinski definition) is 2. The van der Waals surface area contributed by atoms with Crippen molar-refractivity contribution in [3.8, 4) is 0 Å². The van der Waals surface area contributed by atoms with E-state index in [1.165, 1.54) is 6.07 Å². The maximum absolute atomic E-state index is 13.5. The summed E-state index contributed by atoms with van der Waals surface area (Å²) in [6, 6.07) is 6.69. The molecule has 3 nitrogen and oxygen atoms in total. The van der Waals surface area contributed by atoms with Crippen molar-refractivity contribution in [2.45, 2.75) is 38.5 Å². The molecule has 1 saturated carbocycles. The zero-order valence-corrected chi connectivity index (χ0v) is 12.6. The lowest BCUT2D eigenvalue weighted by Crippen LogP contribution is -2.25. The van der Waals surface area contributed by atoms with Crippen molar-refractivity contribution in [3.63, 3.8) is 0 Å². The largest absolute Gasteiger partial charge is 0.481 e. The number of carbonyl (C=O) groups is 1. The molecule has 0 bridgehead atoms. The second-order valence-corrected chi connectivity index (χ2v) is 6.30. The molecule has 0 unspecified atom stereocenters. The molecule has 116 valence electrons. The Balaban J connectivity index is 1.82. The van der Waals surface area contributed by atoms with E-state index in [0.29, 0.717) is 5.92 Å². The zero-order chi connectivity index (χ0) is 15.7. The van der Waals surface area contributed by atoms with Crippen molar-refractivity contribution in [2.24, 2.45) is 11.8 Å². The first-order chi connectivity index (χ1) is 10.6. The minimum absolute atomic E-state index is 0.241. The number of benzene rings is 1. The van der Waals surface area contributed by atoms with Gasteiger partial charge in [-0.3, -0.25) is 9.78 Å². The molecule has 2 aromatic rings. The first kappa shape index (κ1) is 14.9. The first-order valence-electron chi connectivity index (χ1n) is 7.83. The Hall–Kier alpha value is -1.97. The van der Waals surface area contributed by atoms with Crippen LogP contribution in [0.5, 0.6) is 0 Å². The third-order valence-corrected chi connectivity index (χ3v) is 5.05. The Labute approximate surface area is 129 Å². The summed E-state index contributed by atoms with van der Waals surface area (Å²) in [6.45, 7) is 1.80. The van der Waals surface area contributed by atoms with E-state index in [9.17, 15) is 9.18 Å². The lowest BCUT2D eigenvalue weighted by Gasteiger charge is -2.31. The summed E-state index contributed by atoms with van der Waals surface area (Å²) in [6.07, 6.45) is 5.52. The number of nitrogens with zero attached hydrogens (tertiary/aromatic N) is 1. The molecule has 1 aromatic carbocycles. The Morgan fingerprint density at radius 1 is 1.27 bits per heavy atom. The van der Waals surface area contributed by atoms with Gasteiger partial charge in [-0.25, -0.2) is 4.39 Å². The van der Waals surface area contributed by atoms with Gasteiger partial charge in [0.1, 0.15) is 5.82 Å². The second kappa shape index (κ2) is 6.03. The van der Waals surface area contributed by atoms with Crippen molar-refractivity contribution >= 4 is 16.9 Å². The number of hydrogen-bond donors (Lipinski definition) is 1. The van der Waals surface area contributed by atoms with Gasteiger partial charge in [-0.15, -0.1) is 0 Å². The fourth-order valence-electron chi connectivity index (χ4n) is 3.63. The van der Waals surface area contributed by atoms with E-state index in [-0.39, 0.29) is 17.7 Å². The van der Waals surface area contributed by atoms with Crippen molar-refractivity contribution < 1.29 is 14.3 Å². The van der Waals surface area contributed by atoms with Crippen LogP contribution in [0.4, 0.5) is 4.39 Å². The van der Waals surface area contributed by atoms with E-state index in [4.69, 9.17) is 5.11 Å². The Kier molecular flexibility index (Phi) is 4.10. The van der Waals surface area contributed by atoms with Gasteiger partial charge in [-0.1, -0.05) is 6.92 Å². The zero-order valence-electron chi connectivity index (χ0n) is 12.6. The molecule has 1 atom stereocenters. The van der Waals surface area contributed by atoms with Crippen molar-refractivity contribution in [2.75, 3.05) is 0 Å². The lowest BCUT2D eigenvalue weighted by molar-refractivity contribution is -0.143. The highest BCUT2D eigenvalue weighted by Crippen LogP contribution is 2.40. The number of fused-ring (bicyclic) bond motifs is 1. The van der Waals surface area contributed by atoms with E-state index in [0.717, 1.165) is 42.1 Å². The standard InChI is InChI=1S/C18H20FNO2/c1-11(18(21)22)12-2-4-13(5-3-12)15-8-9-20-17-7-6-14(19)10-16(15)17/h6-13H,2-5H2,1H3,(H,21,22)/t11-,12?,13?/m1/s1. The summed E-state index contributed by atoms with van der Waals surface area (Å²) in [5, 5.41) is 10.0. The van der Waals surface area contributed by atoms with Crippen molar-refractivity contribution in [1.82, 2.24) is 4.98 Å². The smallest absolute Gasteiger partial charge is 0.306 e. The van der Waals surface area contributed by atoms with Gasteiger partial charge in [0.15, 0.2) is 0 Å². The van der Waals surface area contributed by atoms with Crippen molar-refractivity contribution in [1.29, 1.82) is 0 Å². The number of aromatic nitrogens is 1. The third kappa shape index (κ3) is 2.82. The van der Waals surface area contributed by atoms with Gasteiger partial charge in [0.2, 0.25) is 0 Å². The fourth-order valence-corrected chi connectivity index (χ4v) is 3.63. The first-order valence-corrected chi connectivity index (χ1v) is 7.83. The summed E-state index contributed by atoms with van der Waals surface area (Å²) >= 11 is 0. The highest BCUT2D eigenvalue weighted by atomic mass is 19.1. The summed E-state index contributed by atoms with van der Waals surface area (Å²) in [5.41, 5.74) is 1.96. The van der Waals surface area contributed by atoms with Crippen LogP contribution in [-0.2, 0) is 4.79 Å². The molecular formula is C18H20FNO2. The molecule has 1 heterocycles. The van der Waals surface area contributed by atoms with Gasteiger partial charge >= 0.3 is 5.97 Å². The quantitative estimate of drug-likeness (QED) is 0.916. The van der Waals surface area contributed by atoms with E-state index in [2.05, 4.69) is 4.98 Å². The van der Waals surface area contributed by atoms with Gasteiger partial charge in [-0.05, 0) is 67.3 Å². The number of rotatable bonds is 3. The molecule has 0 spiro atoms. The molecule has 22 heavy (non-hydrogen) atoms. The van der Waals surface area contributed by atoms with Crippen LogP contribution in [0.2, 0.25) is 0 Å². The van der Waals surface area contributed by atoms with E-state index < -0.39 is 5.97 Å². The normalized spacial score (nSPS) is 23.4. The average Bonchev–Trinajstić information content (AvgIpc) is 2.53. The monoisotopic (exact) mass is 301 g/mol. The van der Waals surface area contributed by atoms with E-state index in [1.54, 1.807) is 25.3 Å². The minimum Gasteiger partial charge on any atom is -0.481 e. The summed E-state index contributed by atoms with van der Waals surface area (Å²) < 4.78 is 13.5. The van der Waals surface area contributed by atoms with Crippen LogP contribution in [-0.4, -0.2) is 16.1 Å². The Morgan fingerprint density at radius 2 is 2.00 bits per heavy atom. The summed E-state index contributed by atoms with van der Waals surface area (Å²) in [5.74, 6) is -0.620. The van der Waals surface area contributed by atoms with Crippen LogP contribution in [0, 0.1) is 17.7 Å². The second-order valence-electron chi connectivity index (χ2n) is 6.30. The Bertz CT molecular complexity index is 693. The van der Waals surface area contributed by atoms with Gasteiger partial charge < -0.3 is 5.11 Å². The molecule has 1 fully saturated rings. The minimum atomic E-state index is -0.708. The highest BCUT2D eigenvalue weighted by Gasteiger charge is 2.30. The summed E-state index contributed by atoms with van der Waals surface area (Å²) in [7, 11) is 0. The summed E-state index contributed by atoms with van der Waals surface area (Å²) in [4.78, 5) is 15.4. The molecule has 0 radical (unpaired) electrons. The number of carboxylic acid groups (broad SMARTS) is 1. The number of carboxylic acids is 1. The predicted molar refractivity (Wildman–Crippen MR) is 83.2 cm³/mol. The number of pyridine rings is 1. The molecular weight excluding hydrogens is 281 g/mol. The predicted octanol–water partition coefficient (Wildman–Crippen LogP) is 4.37. The van der Waals surface area contributed by atoms with Crippen LogP contribution in [0.1, 0.15) is 44.1 Å². The molecule has 0 aliphatic heterocycles. The molecule has 0 amide bonds. The molecule has 1 N–H and O–H groups in total. The fraction of sp³-hybridized carbons (Fsp3) is 0.444. The Morgan fingerprint density at radius 3 is 2.68 bits per heavy atom. The molecule has 1 aliphatic rings. The molecule has 1 aromatic heterocycles. The average molecular weight is 301 g/mol. The van der Waals surface area contributed by atoms with Gasteiger partial charge in [0.05, 0.1) is 11.4 Å². The van der Waals surface area contributed by atoms with Gasteiger partial charge in [-0.2, -0.15) is 0 Å². The van der Waals surface area contributed by atoms with Crippen LogP contribution >= 0.6 is 0 Å². The van der Waals surface area contributed by atoms with Crippen LogP contribution in [0.15, 0.2) is 30.5 Å². The lowest BCUT2D eigenvalue weighted by atomic mass is 9.74. The highest BCUT2D eigenvalue weighted by molar-refractivity contribution is 5.82. The number of aliphatic carboxylic acids is 1.